The van der Waals surface area contributed by atoms with Gasteiger partial charge in [-0.3, -0.25) is 24.1 Å². The predicted octanol–water partition coefficient (Wildman–Crippen LogP) is 2.82. The first-order valence-corrected chi connectivity index (χ1v) is 12.4. The SMILES string of the molecule is CCOC(=O)CCn1c(=NC(=O)c2ccc(N3C(=O)CCC3=O)cc2)sc2cc3c(cc21)OCCO3. The Morgan fingerprint density at radius 2 is 1.69 bits per heavy atom. The Morgan fingerprint density at radius 1 is 1.03 bits per heavy atom. The molecule has 0 radical (unpaired) electrons. The minimum absolute atomic E-state index is 0.113. The van der Waals surface area contributed by atoms with E-state index in [0.29, 0.717) is 40.8 Å². The molecule has 3 amide bonds. The molecule has 0 spiro atoms. The number of hydrogen-bond acceptors (Lipinski definition) is 8. The summed E-state index contributed by atoms with van der Waals surface area (Å²) < 4.78 is 19.1. The molecule has 3 heterocycles. The zero-order valence-electron chi connectivity index (χ0n) is 19.5. The summed E-state index contributed by atoms with van der Waals surface area (Å²) in [4.78, 5) is 54.9. The number of ether oxygens (including phenoxy) is 3. The number of benzene rings is 2. The highest BCUT2D eigenvalue weighted by molar-refractivity contribution is 7.16. The second-order valence-electron chi connectivity index (χ2n) is 8.14. The molecule has 11 heteroatoms. The van der Waals surface area contributed by atoms with Gasteiger partial charge in [-0.25, -0.2) is 0 Å². The summed E-state index contributed by atoms with van der Waals surface area (Å²) in [5.41, 5.74) is 1.50. The first-order chi connectivity index (χ1) is 17.4. The van der Waals surface area contributed by atoms with Crippen molar-refractivity contribution in [1.29, 1.82) is 0 Å². The number of aromatic nitrogens is 1. The molecular formula is C25H23N3O7S. The van der Waals surface area contributed by atoms with Crippen molar-refractivity contribution in [2.75, 3.05) is 24.7 Å². The summed E-state index contributed by atoms with van der Waals surface area (Å²) in [6.07, 6.45) is 0.486. The summed E-state index contributed by atoms with van der Waals surface area (Å²) in [5, 5.41) is 0. The molecule has 10 nitrogen and oxygen atoms in total. The van der Waals surface area contributed by atoms with Gasteiger partial charge in [0, 0.05) is 37.1 Å². The quantitative estimate of drug-likeness (QED) is 0.371. The molecule has 0 atom stereocenters. The van der Waals surface area contributed by atoms with Crippen molar-refractivity contribution in [3.05, 3.63) is 46.8 Å². The molecule has 186 valence electrons. The third kappa shape index (κ3) is 4.61. The highest BCUT2D eigenvalue weighted by Gasteiger charge is 2.30. The number of amides is 3. The normalized spacial score (nSPS) is 15.6. The zero-order chi connectivity index (χ0) is 25.2. The zero-order valence-corrected chi connectivity index (χ0v) is 20.3. The number of aryl methyl sites for hydroxylation is 1. The monoisotopic (exact) mass is 509 g/mol. The van der Waals surface area contributed by atoms with Crippen LogP contribution < -0.4 is 19.2 Å². The van der Waals surface area contributed by atoms with E-state index in [9.17, 15) is 19.2 Å². The van der Waals surface area contributed by atoms with Crippen LogP contribution in [0.25, 0.3) is 10.2 Å². The summed E-state index contributed by atoms with van der Waals surface area (Å²) in [6, 6.07) is 9.87. The first-order valence-electron chi connectivity index (χ1n) is 11.6. The lowest BCUT2D eigenvalue weighted by atomic mass is 10.2. The summed E-state index contributed by atoms with van der Waals surface area (Å²) in [6.45, 7) is 3.18. The smallest absolute Gasteiger partial charge is 0.307 e. The molecule has 5 rings (SSSR count). The molecule has 2 aliphatic heterocycles. The van der Waals surface area contributed by atoms with Gasteiger partial charge in [0.2, 0.25) is 11.8 Å². The Kier molecular flexibility index (Phi) is 6.55. The third-order valence-corrected chi connectivity index (χ3v) is 6.85. The van der Waals surface area contributed by atoms with Crippen LogP contribution in [0.15, 0.2) is 41.4 Å². The van der Waals surface area contributed by atoms with Crippen LogP contribution >= 0.6 is 11.3 Å². The van der Waals surface area contributed by atoms with E-state index < -0.39 is 5.91 Å². The highest BCUT2D eigenvalue weighted by atomic mass is 32.1. The van der Waals surface area contributed by atoms with Crippen molar-refractivity contribution in [3.8, 4) is 11.5 Å². The van der Waals surface area contributed by atoms with Crippen molar-refractivity contribution < 1.29 is 33.4 Å². The van der Waals surface area contributed by atoms with E-state index in [4.69, 9.17) is 14.2 Å². The number of thiazole rings is 1. The van der Waals surface area contributed by atoms with E-state index in [-0.39, 0.29) is 50.2 Å². The van der Waals surface area contributed by atoms with Gasteiger partial charge in [-0.2, -0.15) is 4.99 Å². The van der Waals surface area contributed by atoms with Gasteiger partial charge in [0.1, 0.15) is 13.2 Å². The number of fused-ring (bicyclic) bond motifs is 2. The van der Waals surface area contributed by atoms with Crippen LogP contribution in [0.4, 0.5) is 5.69 Å². The van der Waals surface area contributed by atoms with Crippen LogP contribution in [0.3, 0.4) is 0 Å². The maximum atomic E-state index is 13.0. The van der Waals surface area contributed by atoms with E-state index in [1.54, 1.807) is 23.6 Å². The molecule has 0 saturated carbocycles. The fourth-order valence-corrected chi connectivity index (χ4v) is 5.18. The molecule has 2 aromatic carbocycles. The van der Waals surface area contributed by atoms with Crippen molar-refractivity contribution in [2.45, 2.75) is 32.7 Å². The second-order valence-corrected chi connectivity index (χ2v) is 9.15. The lowest BCUT2D eigenvalue weighted by Gasteiger charge is -2.18. The predicted molar refractivity (Wildman–Crippen MR) is 130 cm³/mol. The van der Waals surface area contributed by atoms with Crippen LogP contribution in [0.5, 0.6) is 11.5 Å². The number of anilines is 1. The Bertz CT molecular complexity index is 1420. The minimum atomic E-state index is -0.491. The van der Waals surface area contributed by atoms with Crippen molar-refractivity contribution >= 4 is 50.9 Å². The number of rotatable bonds is 6. The molecule has 1 aromatic heterocycles. The Hall–Kier alpha value is -3.99. The fraction of sp³-hybridized carbons (Fsp3) is 0.320. The maximum absolute atomic E-state index is 13.0. The molecule has 0 unspecified atom stereocenters. The van der Waals surface area contributed by atoms with Gasteiger partial charge in [0.05, 0.1) is 28.9 Å². The molecule has 0 bridgehead atoms. The van der Waals surface area contributed by atoms with E-state index in [2.05, 4.69) is 4.99 Å². The van der Waals surface area contributed by atoms with Gasteiger partial charge >= 0.3 is 5.97 Å². The summed E-state index contributed by atoms with van der Waals surface area (Å²) >= 11 is 1.30. The summed E-state index contributed by atoms with van der Waals surface area (Å²) in [7, 11) is 0. The van der Waals surface area contributed by atoms with Gasteiger partial charge in [-0.05, 0) is 31.2 Å². The number of nitrogens with zero attached hydrogens (tertiary/aromatic N) is 3. The minimum Gasteiger partial charge on any atom is -0.486 e. The molecular weight excluding hydrogens is 486 g/mol. The first kappa shape index (κ1) is 23.7. The molecule has 0 N–H and O–H groups in total. The van der Waals surface area contributed by atoms with Gasteiger partial charge in [0.25, 0.3) is 5.91 Å². The number of carbonyl (C=O) groups excluding carboxylic acids is 4. The fourth-order valence-electron chi connectivity index (χ4n) is 4.11. The molecule has 3 aromatic rings. The van der Waals surface area contributed by atoms with E-state index in [1.807, 2.05) is 12.1 Å². The van der Waals surface area contributed by atoms with E-state index in [0.717, 1.165) is 15.1 Å². The van der Waals surface area contributed by atoms with Crippen LogP contribution in [0.1, 0.15) is 36.5 Å². The average molecular weight is 510 g/mol. The molecule has 36 heavy (non-hydrogen) atoms. The molecule has 2 aliphatic rings. The van der Waals surface area contributed by atoms with Gasteiger partial charge in [-0.1, -0.05) is 11.3 Å². The maximum Gasteiger partial charge on any atom is 0.307 e. The van der Waals surface area contributed by atoms with Crippen molar-refractivity contribution in [1.82, 2.24) is 4.57 Å². The van der Waals surface area contributed by atoms with Crippen LogP contribution in [0.2, 0.25) is 0 Å². The number of carbonyl (C=O) groups is 4. The molecule has 1 fully saturated rings. The van der Waals surface area contributed by atoms with Crippen LogP contribution in [0, 0.1) is 0 Å². The third-order valence-electron chi connectivity index (χ3n) is 5.81. The van der Waals surface area contributed by atoms with Gasteiger partial charge < -0.3 is 18.8 Å². The average Bonchev–Trinajstić information content (AvgIpc) is 3.39. The van der Waals surface area contributed by atoms with Gasteiger partial charge in [-0.15, -0.1) is 0 Å². The van der Waals surface area contributed by atoms with Crippen LogP contribution in [-0.4, -0.2) is 48.1 Å². The Morgan fingerprint density at radius 3 is 2.36 bits per heavy atom. The van der Waals surface area contributed by atoms with Crippen molar-refractivity contribution in [2.24, 2.45) is 4.99 Å². The van der Waals surface area contributed by atoms with Crippen molar-refractivity contribution in [3.63, 3.8) is 0 Å². The van der Waals surface area contributed by atoms with Crippen LogP contribution in [-0.2, 0) is 25.7 Å². The second kappa shape index (κ2) is 9.94. The number of esters is 1. The molecule has 0 aliphatic carbocycles. The Labute approximate surface area is 209 Å². The van der Waals surface area contributed by atoms with E-state index >= 15 is 0 Å². The molecule has 1 saturated heterocycles. The summed E-state index contributed by atoms with van der Waals surface area (Å²) in [5.74, 6) is -0.141. The lowest BCUT2D eigenvalue weighted by Crippen LogP contribution is -2.28. The Balaban J connectivity index is 1.49. The largest absolute Gasteiger partial charge is 0.486 e. The standard InChI is InChI=1S/C25H23N3O7S/c1-2-33-23(31)9-10-27-17-13-18-19(35-12-11-34-18)14-20(17)36-25(27)26-24(32)15-3-5-16(6-4-15)28-21(29)7-8-22(28)30/h3-6,13-14H,2,7-12H2,1H3. The number of imide groups is 1. The number of hydrogen-bond donors (Lipinski definition) is 0. The van der Waals surface area contributed by atoms with Gasteiger partial charge in [0.15, 0.2) is 16.3 Å². The highest BCUT2D eigenvalue weighted by Crippen LogP contribution is 2.35. The lowest BCUT2D eigenvalue weighted by molar-refractivity contribution is -0.143. The van der Waals surface area contributed by atoms with E-state index in [1.165, 1.54) is 23.5 Å². The topological polar surface area (TPSA) is 116 Å².